The number of rotatable bonds is 3. The standard InChI is InChI=1S/C14H19N3O2S/c1-14(2,3)8-15-12(18)17-13-16-10-6-5-9(19-4)7-11(10)20-13/h5-7H,8H2,1-4H3,(H2,15,16,17,18). The zero-order chi connectivity index (χ0) is 14.8. The summed E-state index contributed by atoms with van der Waals surface area (Å²) in [6.45, 7) is 6.81. The number of aromatic nitrogens is 1. The van der Waals surface area contributed by atoms with Crippen molar-refractivity contribution in [3.63, 3.8) is 0 Å². The van der Waals surface area contributed by atoms with Gasteiger partial charge in [0.25, 0.3) is 0 Å². The summed E-state index contributed by atoms with van der Waals surface area (Å²) in [5.74, 6) is 0.782. The van der Waals surface area contributed by atoms with Crippen LogP contribution in [-0.2, 0) is 0 Å². The molecule has 20 heavy (non-hydrogen) atoms. The molecule has 0 unspecified atom stereocenters. The van der Waals surface area contributed by atoms with Crippen molar-refractivity contribution < 1.29 is 9.53 Å². The molecule has 0 aliphatic carbocycles. The number of urea groups is 1. The number of anilines is 1. The number of amides is 2. The molecule has 0 aliphatic rings. The summed E-state index contributed by atoms with van der Waals surface area (Å²) in [6, 6.07) is 5.41. The lowest BCUT2D eigenvalue weighted by Crippen LogP contribution is -2.35. The van der Waals surface area contributed by atoms with Gasteiger partial charge < -0.3 is 10.1 Å². The first-order chi connectivity index (χ1) is 9.37. The third kappa shape index (κ3) is 3.84. The normalized spacial score (nSPS) is 11.4. The van der Waals surface area contributed by atoms with Crippen molar-refractivity contribution in [3.8, 4) is 5.75 Å². The van der Waals surface area contributed by atoms with Gasteiger partial charge in [-0.15, -0.1) is 0 Å². The van der Waals surface area contributed by atoms with Crippen molar-refractivity contribution >= 4 is 32.7 Å². The molecular weight excluding hydrogens is 274 g/mol. The van der Waals surface area contributed by atoms with Crippen LogP contribution in [0.25, 0.3) is 10.2 Å². The van der Waals surface area contributed by atoms with Crippen molar-refractivity contribution in [1.82, 2.24) is 10.3 Å². The number of thiazole rings is 1. The fourth-order valence-corrected chi connectivity index (χ4v) is 2.46. The van der Waals surface area contributed by atoms with Gasteiger partial charge in [-0.3, -0.25) is 5.32 Å². The lowest BCUT2D eigenvalue weighted by molar-refractivity contribution is 0.247. The van der Waals surface area contributed by atoms with Crippen molar-refractivity contribution in [2.75, 3.05) is 19.0 Å². The number of carbonyl (C=O) groups is 1. The van der Waals surface area contributed by atoms with Gasteiger partial charge in [0.2, 0.25) is 0 Å². The number of nitrogens with zero attached hydrogens (tertiary/aromatic N) is 1. The fourth-order valence-electron chi connectivity index (χ4n) is 1.57. The second kappa shape index (κ2) is 5.66. The van der Waals surface area contributed by atoms with Crippen LogP contribution in [0.5, 0.6) is 5.75 Å². The Hall–Kier alpha value is -1.82. The number of ether oxygens (including phenoxy) is 1. The number of fused-ring (bicyclic) bond motifs is 1. The maximum absolute atomic E-state index is 11.8. The van der Waals surface area contributed by atoms with Crippen LogP contribution in [0.2, 0.25) is 0 Å². The number of benzene rings is 1. The minimum absolute atomic E-state index is 0.0539. The van der Waals surface area contributed by atoms with E-state index < -0.39 is 0 Å². The Labute approximate surface area is 122 Å². The average molecular weight is 293 g/mol. The SMILES string of the molecule is COc1ccc2nc(NC(=O)NCC(C)(C)C)sc2c1. The Kier molecular flexibility index (Phi) is 4.13. The van der Waals surface area contributed by atoms with Gasteiger partial charge in [-0.05, 0) is 23.6 Å². The monoisotopic (exact) mass is 293 g/mol. The Balaban J connectivity index is 2.04. The summed E-state index contributed by atoms with van der Waals surface area (Å²) in [6.07, 6.45) is 0. The Morgan fingerprint density at radius 2 is 2.15 bits per heavy atom. The van der Waals surface area contributed by atoms with Gasteiger partial charge >= 0.3 is 6.03 Å². The van der Waals surface area contributed by atoms with Crippen LogP contribution >= 0.6 is 11.3 Å². The van der Waals surface area contributed by atoms with E-state index in [9.17, 15) is 4.79 Å². The van der Waals surface area contributed by atoms with Crippen molar-refractivity contribution in [1.29, 1.82) is 0 Å². The van der Waals surface area contributed by atoms with E-state index in [-0.39, 0.29) is 11.4 Å². The molecule has 1 aromatic heterocycles. The number of nitrogens with one attached hydrogen (secondary N) is 2. The first-order valence-corrected chi connectivity index (χ1v) is 7.18. The number of hydrogen-bond donors (Lipinski definition) is 2. The molecule has 1 heterocycles. The van der Waals surface area contributed by atoms with E-state index in [2.05, 4.69) is 36.4 Å². The number of carbonyl (C=O) groups excluding carboxylic acids is 1. The highest BCUT2D eigenvalue weighted by atomic mass is 32.1. The van der Waals surface area contributed by atoms with E-state index in [0.717, 1.165) is 16.0 Å². The van der Waals surface area contributed by atoms with Crippen molar-refractivity contribution in [2.45, 2.75) is 20.8 Å². The second-order valence-electron chi connectivity index (χ2n) is 5.72. The highest BCUT2D eigenvalue weighted by Crippen LogP contribution is 2.29. The smallest absolute Gasteiger partial charge is 0.321 e. The van der Waals surface area contributed by atoms with Crippen molar-refractivity contribution in [2.24, 2.45) is 5.41 Å². The topological polar surface area (TPSA) is 63.2 Å². The first kappa shape index (κ1) is 14.6. The second-order valence-corrected chi connectivity index (χ2v) is 6.75. The molecule has 108 valence electrons. The molecule has 1 aromatic carbocycles. The van der Waals surface area contributed by atoms with E-state index in [0.29, 0.717) is 11.7 Å². The van der Waals surface area contributed by atoms with E-state index in [1.807, 2.05) is 18.2 Å². The van der Waals surface area contributed by atoms with Crippen LogP contribution in [0.1, 0.15) is 20.8 Å². The maximum Gasteiger partial charge on any atom is 0.321 e. The van der Waals surface area contributed by atoms with Gasteiger partial charge in [-0.25, -0.2) is 9.78 Å². The predicted molar refractivity (Wildman–Crippen MR) is 82.6 cm³/mol. The molecule has 2 amide bonds. The molecule has 0 saturated heterocycles. The molecule has 5 nitrogen and oxygen atoms in total. The number of methoxy groups -OCH3 is 1. The molecular formula is C14H19N3O2S. The van der Waals surface area contributed by atoms with Gasteiger partial charge in [-0.1, -0.05) is 32.1 Å². The van der Waals surface area contributed by atoms with E-state index in [1.165, 1.54) is 11.3 Å². The molecule has 2 N–H and O–H groups in total. The minimum Gasteiger partial charge on any atom is -0.497 e. The molecule has 0 spiro atoms. The summed E-state index contributed by atoms with van der Waals surface area (Å²) in [7, 11) is 1.63. The molecule has 0 aliphatic heterocycles. The number of hydrogen-bond acceptors (Lipinski definition) is 4. The molecule has 0 bridgehead atoms. The summed E-state index contributed by atoms with van der Waals surface area (Å²) in [5, 5.41) is 6.17. The molecule has 0 fully saturated rings. The third-order valence-electron chi connectivity index (χ3n) is 2.60. The van der Waals surface area contributed by atoms with Gasteiger partial charge in [0.15, 0.2) is 5.13 Å². The van der Waals surface area contributed by atoms with Crippen molar-refractivity contribution in [3.05, 3.63) is 18.2 Å². The maximum atomic E-state index is 11.8. The lowest BCUT2D eigenvalue weighted by Gasteiger charge is -2.18. The summed E-state index contributed by atoms with van der Waals surface area (Å²) in [5.41, 5.74) is 0.903. The van der Waals surface area contributed by atoms with Gasteiger partial charge in [-0.2, -0.15) is 0 Å². The Morgan fingerprint density at radius 1 is 1.40 bits per heavy atom. The van der Waals surface area contributed by atoms with Gasteiger partial charge in [0.05, 0.1) is 17.3 Å². The highest BCUT2D eigenvalue weighted by molar-refractivity contribution is 7.22. The molecule has 0 atom stereocenters. The Morgan fingerprint density at radius 3 is 2.80 bits per heavy atom. The molecule has 2 aromatic rings. The Bertz CT molecular complexity index is 616. The average Bonchev–Trinajstić information content (AvgIpc) is 2.76. The van der Waals surface area contributed by atoms with E-state index in [4.69, 9.17) is 4.74 Å². The summed E-state index contributed by atoms with van der Waals surface area (Å²) in [4.78, 5) is 16.1. The zero-order valence-electron chi connectivity index (χ0n) is 12.1. The summed E-state index contributed by atoms with van der Waals surface area (Å²) >= 11 is 1.43. The molecule has 0 saturated carbocycles. The summed E-state index contributed by atoms with van der Waals surface area (Å²) < 4.78 is 6.15. The quantitative estimate of drug-likeness (QED) is 0.910. The van der Waals surface area contributed by atoms with E-state index >= 15 is 0 Å². The van der Waals surface area contributed by atoms with E-state index in [1.54, 1.807) is 7.11 Å². The van der Waals surface area contributed by atoms with Crippen LogP contribution in [0.4, 0.5) is 9.93 Å². The molecule has 6 heteroatoms. The zero-order valence-corrected chi connectivity index (χ0v) is 12.9. The molecule has 2 rings (SSSR count). The fraction of sp³-hybridized carbons (Fsp3) is 0.429. The predicted octanol–water partition coefficient (Wildman–Crippen LogP) is 3.47. The molecule has 0 radical (unpaired) electrons. The van der Waals surface area contributed by atoms with Crippen LogP contribution in [0.15, 0.2) is 18.2 Å². The van der Waals surface area contributed by atoms with Crippen LogP contribution in [-0.4, -0.2) is 24.7 Å². The van der Waals surface area contributed by atoms with Crippen LogP contribution in [0.3, 0.4) is 0 Å². The first-order valence-electron chi connectivity index (χ1n) is 6.37. The van der Waals surface area contributed by atoms with Gasteiger partial charge in [0, 0.05) is 6.54 Å². The lowest BCUT2D eigenvalue weighted by atomic mass is 9.97. The van der Waals surface area contributed by atoms with Crippen LogP contribution in [0, 0.1) is 5.41 Å². The van der Waals surface area contributed by atoms with Gasteiger partial charge in [0.1, 0.15) is 5.75 Å². The minimum atomic E-state index is -0.231. The highest BCUT2D eigenvalue weighted by Gasteiger charge is 2.13. The third-order valence-corrected chi connectivity index (χ3v) is 3.53. The van der Waals surface area contributed by atoms with Crippen LogP contribution < -0.4 is 15.4 Å². The largest absolute Gasteiger partial charge is 0.497 e.